The lowest BCUT2D eigenvalue weighted by atomic mass is 10.0. The van der Waals surface area contributed by atoms with Crippen LogP contribution in [0.15, 0.2) is 42.5 Å². The van der Waals surface area contributed by atoms with Crippen LogP contribution in [0.4, 0.5) is 0 Å². The van der Waals surface area contributed by atoms with E-state index in [0.717, 1.165) is 23.1 Å². The van der Waals surface area contributed by atoms with Gasteiger partial charge in [-0.15, -0.1) is 0 Å². The number of ether oxygens (including phenoxy) is 1. The number of carbonyl (C=O) groups is 2. The van der Waals surface area contributed by atoms with Gasteiger partial charge in [-0.05, 0) is 44.2 Å². The predicted molar refractivity (Wildman–Crippen MR) is 119 cm³/mol. The minimum Gasteiger partial charge on any atom is -0.466 e. The molecule has 156 valence electrons. The number of hydrogen-bond acceptors (Lipinski definition) is 4. The fraction of sp³-hybridized carbons (Fsp3) is 0.417. The smallest absolute Gasteiger partial charge is 0.306 e. The van der Waals surface area contributed by atoms with E-state index in [2.05, 4.69) is 13.8 Å². The summed E-state index contributed by atoms with van der Waals surface area (Å²) < 4.78 is 19.3. The summed E-state index contributed by atoms with van der Waals surface area (Å²) in [6, 6.07) is 12.6. The van der Waals surface area contributed by atoms with Crippen molar-refractivity contribution in [2.75, 3.05) is 12.8 Å². The first-order valence-corrected chi connectivity index (χ1v) is 12.0. The highest BCUT2D eigenvalue weighted by molar-refractivity contribution is 7.87. The Morgan fingerprint density at radius 3 is 2.14 bits per heavy atom. The molecule has 29 heavy (non-hydrogen) atoms. The van der Waals surface area contributed by atoms with E-state index in [9.17, 15) is 14.2 Å². The molecule has 0 aliphatic carbocycles. The molecular weight excluding hydrogens is 383 g/mol. The maximum Gasteiger partial charge on any atom is 0.306 e. The van der Waals surface area contributed by atoms with Crippen LogP contribution in [-0.2, 0) is 14.1 Å². The van der Waals surface area contributed by atoms with Gasteiger partial charge in [-0.2, -0.15) is 0 Å². The van der Waals surface area contributed by atoms with Gasteiger partial charge >= 0.3 is 5.97 Å². The Morgan fingerprint density at radius 1 is 1.00 bits per heavy atom. The number of benzene rings is 2. The molecule has 1 unspecified atom stereocenters. The zero-order valence-electron chi connectivity index (χ0n) is 18.0. The Hall–Kier alpha value is -2.19. The molecule has 0 aliphatic heterocycles. The van der Waals surface area contributed by atoms with Crippen molar-refractivity contribution >= 4 is 23.9 Å². The Kier molecular flexibility index (Phi) is 7.98. The van der Waals surface area contributed by atoms with Crippen LogP contribution >= 0.6 is 7.14 Å². The number of hydrogen-bond donors (Lipinski definition) is 0. The molecule has 5 heteroatoms. The maximum atomic E-state index is 14.0. The predicted octanol–water partition coefficient (Wildman–Crippen LogP) is 5.42. The lowest BCUT2D eigenvalue weighted by Crippen LogP contribution is -2.20. The molecule has 2 rings (SSSR count). The lowest BCUT2D eigenvalue weighted by molar-refractivity contribution is -0.143. The van der Waals surface area contributed by atoms with Crippen LogP contribution < -0.4 is 5.30 Å². The summed E-state index contributed by atoms with van der Waals surface area (Å²) in [4.78, 5) is 25.7. The SMILES string of the molecule is Cc1cc(C)c(C(=O)P(=O)(CCC(=O)OCCC(C)C)c2ccccc2)c(C)c1. The summed E-state index contributed by atoms with van der Waals surface area (Å²) in [7, 11) is -3.50. The summed E-state index contributed by atoms with van der Waals surface area (Å²) >= 11 is 0. The molecule has 0 amide bonds. The van der Waals surface area contributed by atoms with Crippen molar-refractivity contribution in [1.29, 1.82) is 0 Å². The van der Waals surface area contributed by atoms with E-state index in [4.69, 9.17) is 4.74 Å². The van der Waals surface area contributed by atoms with Crippen LogP contribution in [0.1, 0.15) is 53.7 Å². The Labute approximate surface area is 174 Å². The van der Waals surface area contributed by atoms with Gasteiger partial charge in [-0.1, -0.05) is 61.9 Å². The molecule has 0 saturated heterocycles. The number of esters is 1. The van der Waals surface area contributed by atoms with Crippen LogP contribution in [-0.4, -0.2) is 24.3 Å². The van der Waals surface area contributed by atoms with Crippen LogP contribution in [0.3, 0.4) is 0 Å². The van der Waals surface area contributed by atoms with Gasteiger partial charge in [0.05, 0.1) is 13.0 Å². The molecule has 4 nitrogen and oxygen atoms in total. The zero-order valence-corrected chi connectivity index (χ0v) is 18.9. The molecule has 1 atom stereocenters. The Balaban J connectivity index is 2.32. The van der Waals surface area contributed by atoms with E-state index in [-0.39, 0.29) is 18.1 Å². The molecule has 0 fully saturated rings. The first-order valence-electron chi connectivity index (χ1n) is 10.1. The molecule has 2 aromatic carbocycles. The van der Waals surface area contributed by atoms with Crippen molar-refractivity contribution in [3.8, 4) is 0 Å². The van der Waals surface area contributed by atoms with Crippen molar-refractivity contribution in [1.82, 2.24) is 0 Å². The van der Waals surface area contributed by atoms with Gasteiger partial charge in [0, 0.05) is 17.0 Å². The van der Waals surface area contributed by atoms with Crippen LogP contribution in [0, 0.1) is 26.7 Å². The maximum absolute atomic E-state index is 14.0. The molecule has 0 saturated carbocycles. The molecule has 0 bridgehead atoms. The minimum atomic E-state index is -3.50. The van der Waals surface area contributed by atoms with Gasteiger partial charge in [0.1, 0.15) is 0 Å². The first kappa shape index (κ1) is 23.1. The third-order valence-corrected chi connectivity index (χ3v) is 7.85. The standard InChI is InChI=1S/C24H31O4P/c1-17(2)11-13-28-22(25)12-14-29(27,21-9-7-6-8-10-21)24(26)23-19(4)15-18(3)16-20(23)5/h6-10,15-17H,11-14H2,1-5H3. The monoisotopic (exact) mass is 414 g/mol. The average Bonchev–Trinajstić information content (AvgIpc) is 2.65. The van der Waals surface area contributed by atoms with Gasteiger partial charge in [0.2, 0.25) is 5.52 Å². The summed E-state index contributed by atoms with van der Waals surface area (Å²) in [6.45, 7) is 10.2. The Morgan fingerprint density at radius 2 is 1.59 bits per heavy atom. The molecule has 0 radical (unpaired) electrons. The highest BCUT2D eigenvalue weighted by atomic mass is 31.2. The van der Waals surface area contributed by atoms with Crippen LogP contribution in [0.5, 0.6) is 0 Å². The number of carbonyl (C=O) groups excluding carboxylic acids is 2. The van der Waals surface area contributed by atoms with E-state index in [1.54, 1.807) is 24.3 Å². The summed E-state index contributed by atoms with van der Waals surface area (Å²) in [6.07, 6.45) is 0.714. The van der Waals surface area contributed by atoms with Crippen LogP contribution in [0.2, 0.25) is 0 Å². The van der Waals surface area contributed by atoms with E-state index in [1.807, 2.05) is 39.0 Å². The second kappa shape index (κ2) is 10.0. The largest absolute Gasteiger partial charge is 0.466 e. The minimum absolute atomic E-state index is 0.0247. The average molecular weight is 414 g/mol. The van der Waals surface area contributed by atoms with Crippen molar-refractivity contribution < 1.29 is 18.9 Å². The quantitative estimate of drug-likeness (QED) is 0.406. The fourth-order valence-corrected chi connectivity index (χ4v) is 6.00. The summed E-state index contributed by atoms with van der Waals surface area (Å²) in [5.41, 5.74) is 2.79. The fourth-order valence-electron chi connectivity index (χ4n) is 3.44. The second-order valence-corrected chi connectivity index (χ2v) is 10.9. The summed E-state index contributed by atoms with van der Waals surface area (Å²) in [5, 5.41) is 0.486. The molecule has 0 aromatic heterocycles. The zero-order chi connectivity index (χ0) is 21.6. The van der Waals surface area contributed by atoms with Gasteiger partial charge < -0.3 is 9.30 Å². The van der Waals surface area contributed by atoms with Gasteiger partial charge in [0.25, 0.3) is 0 Å². The van der Waals surface area contributed by atoms with Gasteiger partial charge in [0.15, 0.2) is 7.14 Å². The normalized spacial score (nSPS) is 13.2. The third kappa shape index (κ3) is 5.90. The molecule has 0 spiro atoms. The second-order valence-electron chi connectivity index (χ2n) is 8.03. The van der Waals surface area contributed by atoms with Gasteiger partial charge in [-0.25, -0.2) is 0 Å². The lowest BCUT2D eigenvalue weighted by Gasteiger charge is -2.20. The molecule has 0 aliphatic rings. The van der Waals surface area contributed by atoms with Crippen molar-refractivity contribution in [3.05, 3.63) is 64.7 Å². The van der Waals surface area contributed by atoms with Gasteiger partial charge in [-0.3, -0.25) is 9.59 Å². The first-order chi connectivity index (χ1) is 13.6. The van der Waals surface area contributed by atoms with E-state index >= 15 is 0 Å². The summed E-state index contributed by atoms with van der Waals surface area (Å²) in [5.74, 6) is 0.0271. The topological polar surface area (TPSA) is 60.4 Å². The molecule has 2 aromatic rings. The van der Waals surface area contributed by atoms with Crippen molar-refractivity contribution in [2.24, 2.45) is 5.92 Å². The number of rotatable bonds is 9. The number of aryl methyl sites for hydroxylation is 3. The van der Waals surface area contributed by atoms with E-state index < -0.39 is 13.1 Å². The molecule has 0 N–H and O–H groups in total. The van der Waals surface area contributed by atoms with E-state index in [1.165, 1.54) is 0 Å². The molecule has 0 heterocycles. The third-order valence-electron chi connectivity index (χ3n) is 4.98. The highest BCUT2D eigenvalue weighted by Gasteiger charge is 2.36. The van der Waals surface area contributed by atoms with Crippen molar-refractivity contribution in [2.45, 2.75) is 47.5 Å². The Bertz CT molecular complexity index is 893. The highest BCUT2D eigenvalue weighted by Crippen LogP contribution is 2.49. The van der Waals surface area contributed by atoms with Crippen molar-refractivity contribution in [3.63, 3.8) is 0 Å². The van der Waals surface area contributed by atoms with E-state index in [0.29, 0.717) is 23.4 Å². The molecular formula is C24H31O4P. The van der Waals surface area contributed by atoms with Crippen LogP contribution in [0.25, 0.3) is 0 Å².